The average Bonchev–Trinajstić information content (AvgIpc) is 2.13. The van der Waals surface area contributed by atoms with Crippen LogP contribution in [0.2, 0.25) is 0 Å². The first-order valence-electron chi connectivity index (χ1n) is 5.63. The van der Waals surface area contributed by atoms with Gasteiger partial charge in [-0.25, -0.2) is 0 Å². The summed E-state index contributed by atoms with van der Waals surface area (Å²) < 4.78 is 0. The molecule has 0 saturated carbocycles. The van der Waals surface area contributed by atoms with Crippen molar-refractivity contribution in [2.75, 3.05) is 19.6 Å². The van der Waals surface area contributed by atoms with Crippen LogP contribution < -0.4 is 10.6 Å². The number of rotatable bonds is 7. The number of hydrogen-bond acceptors (Lipinski definition) is 2. The summed E-state index contributed by atoms with van der Waals surface area (Å²) in [5.41, 5.74) is 1.30. The number of nitrogens with one attached hydrogen (secondary N) is 2. The highest BCUT2D eigenvalue weighted by molar-refractivity contribution is 5.76. The van der Waals surface area contributed by atoms with Gasteiger partial charge in [-0.15, -0.1) is 0 Å². The Morgan fingerprint density at radius 3 is 2.53 bits per heavy atom. The quantitative estimate of drug-likeness (QED) is 0.498. The van der Waals surface area contributed by atoms with E-state index in [4.69, 9.17) is 0 Å². The van der Waals surface area contributed by atoms with Gasteiger partial charge in [0.2, 0.25) is 5.91 Å². The molecular weight excluding hydrogens is 188 g/mol. The van der Waals surface area contributed by atoms with Crippen LogP contribution in [0.5, 0.6) is 0 Å². The second-order valence-electron chi connectivity index (χ2n) is 4.43. The molecule has 0 aromatic heterocycles. The summed E-state index contributed by atoms with van der Waals surface area (Å²) >= 11 is 0. The van der Waals surface area contributed by atoms with Gasteiger partial charge in [0, 0.05) is 26.1 Å². The minimum absolute atomic E-state index is 0.133. The first-order valence-corrected chi connectivity index (χ1v) is 5.63. The van der Waals surface area contributed by atoms with Gasteiger partial charge in [-0.05, 0) is 19.8 Å². The van der Waals surface area contributed by atoms with Gasteiger partial charge in [0.1, 0.15) is 0 Å². The number of allylic oxidation sites excluding steroid dienone is 1. The molecule has 0 unspecified atom stereocenters. The molecule has 3 heteroatoms. The molecule has 0 rings (SSSR count). The van der Waals surface area contributed by atoms with E-state index >= 15 is 0 Å². The highest BCUT2D eigenvalue weighted by atomic mass is 16.1. The molecule has 0 aliphatic heterocycles. The molecule has 2 N–H and O–H groups in total. The maximum Gasteiger partial charge on any atom is 0.221 e. The number of hydrogen-bond donors (Lipinski definition) is 2. The van der Waals surface area contributed by atoms with E-state index in [1.165, 1.54) is 5.57 Å². The topological polar surface area (TPSA) is 41.1 Å². The fourth-order valence-corrected chi connectivity index (χ4v) is 0.987. The summed E-state index contributed by atoms with van der Waals surface area (Å²) in [7, 11) is 0. The lowest BCUT2D eigenvalue weighted by Crippen LogP contribution is -2.30. The highest BCUT2D eigenvalue weighted by Gasteiger charge is 2.00. The zero-order chi connectivity index (χ0) is 11.7. The fraction of sp³-hybridized carbons (Fsp3) is 0.750. The van der Waals surface area contributed by atoms with E-state index in [1.54, 1.807) is 0 Å². The monoisotopic (exact) mass is 212 g/mol. The summed E-state index contributed by atoms with van der Waals surface area (Å²) in [6.45, 7) is 10.7. The van der Waals surface area contributed by atoms with Gasteiger partial charge in [-0.1, -0.05) is 25.5 Å². The number of carbonyl (C=O) groups is 1. The minimum Gasteiger partial charge on any atom is -0.356 e. The molecule has 0 heterocycles. The van der Waals surface area contributed by atoms with E-state index in [2.05, 4.69) is 44.4 Å². The third-order valence-corrected chi connectivity index (χ3v) is 1.89. The highest BCUT2D eigenvalue weighted by Crippen LogP contribution is 1.88. The van der Waals surface area contributed by atoms with Gasteiger partial charge >= 0.3 is 0 Å². The molecule has 0 aromatic rings. The summed E-state index contributed by atoms with van der Waals surface area (Å²) in [5.74, 6) is 0.654. The van der Waals surface area contributed by atoms with Crippen LogP contribution in [0.25, 0.3) is 0 Å². The van der Waals surface area contributed by atoms with Crippen molar-refractivity contribution in [1.82, 2.24) is 10.6 Å². The molecule has 0 radical (unpaired) electrons. The van der Waals surface area contributed by atoms with Crippen LogP contribution in [0.3, 0.4) is 0 Å². The predicted octanol–water partition coefficient (Wildman–Crippen LogP) is 1.70. The van der Waals surface area contributed by atoms with E-state index in [-0.39, 0.29) is 5.91 Å². The zero-order valence-corrected chi connectivity index (χ0v) is 10.4. The van der Waals surface area contributed by atoms with Crippen LogP contribution in [-0.4, -0.2) is 25.5 Å². The van der Waals surface area contributed by atoms with Crippen molar-refractivity contribution in [3.8, 4) is 0 Å². The standard InChI is InChI=1S/C12H24N2O/c1-10(2)5-7-13-8-6-12(15)14-9-11(3)4/h5,11,13H,6-9H2,1-4H3,(H,14,15). The lowest BCUT2D eigenvalue weighted by molar-refractivity contribution is -0.121. The van der Waals surface area contributed by atoms with Crippen molar-refractivity contribution < 1.29 is 4.79 Å². The maximum atomic E-state index is 11.3. The van der Waals surface area contributed by atoms with Gasteiger partial charge < -0.3 is 10.6 Å². The first kappa shape index (κ1) is 14.2. The Morgan fingerprint density at radius 2 is 2.00 bits per heavy atom. The first-order chi connectivity index (χ1) is 7.02. The van der Waals surface area contributed by atoms with Crippen molar-refractivity contribution in [1.29, 1.82) is 0 Å². The van der Waals surface area contributed by atoms with Gasteiger partial charge in [-0.2, -0.15) is 0 Å². The van der Waals surface area contributed by atoms with Crippen molar-refractivity contribution in [3.63, 3.8) is 0 Å². The maximum absolute atomic E-state index is 11.3. The average molecular weight is 212 g/mol. The molecule has 0 aliphatic carbocycles. The second-order valence-corrected chi connectivity index (χ2v) is 4.43. The molecular formula is C12H24N2O. The molecule has 0 aliphatic rings. The van der Waals surface area contributed by atoms with Crippen LogP contribution in [0.4, 0.5) is 0 Å². The SMILES string of the molecule is CC(C)=CCNCCC(=O)NCC(C)C. The Balaban J connectivity index is 3.35. The predicted molar refractivity (Wildman–Crippen MR) is 64.8 cm³/mol. The smallest absolute Gasteiger partial charge is 0.221 e. The van der Waals surface area contributed by atoms with E-state index in [1.807, 2.05) is 0 Å². The minimum atomic E-state index is 0.133. The molecule has 0 fully saturated rings. The van der Waals surface area contributed by atoms with Crippen molar-refractivity contribution in [3.05, 3.63) is 11.6 Å². The van der Waals surface area contributed by atoms with Gasteiger partial charge in [0.15, 0.2) is 0 Å². The summed E-state index contributed by atoms with van der Waals surface area (Å²) in [5, 5.41) is 6.09. The van der Waals surface area contributed by atoms with Gasteiger partial charge in [0.25, 0.3) is 0 Å². The lowest BCUT2D eigenvalue weighted by Gasteiger charge is -2.07. The van der Waals surface area contributed by atoms with Gasteiger partial charge in [0.05, 0.1) is 0 Å². The molecule has 15 heavy (non-hydrogen) atoms. The van der Waals surface area contributed by atoms with E-state index in [0.29, 0.717) is 12.3 Å². The van der Waals surface area contributed by atoms with E-state index < -0.39 is 0 Å². The van der Waals surface area contributed by atoms with Crippen molar-refractivity contribution in [2.45, 2.75) is 34.1 Å². The third kappa shape index (κ3) is 11.1. The Bertz CT molecular complexity index is 206. The summed E-state index contributed by atoms with van der Waals surface area (Å²) in [4.78, 5) is 11.3. The van der Waals surface area contributed by atoms with Crippen LogP contribution in [0.15, 0.2) is 11.6 Å². The molecule has 0 atom stereocenters. The normalized spacial score (nSPS) is 10.2. The van der Waals surface area contributed by atoms with Crippen molar-refractivity contribution in [2.24, 2.45) is 5.92 Å². The summed E-state index contributed by atoms with van der Waals surface area (Å²) in [6, 6.07) is 0. The second kappa shape index (κ2) is 8.48. The van der Waals surface area contributed by atoms with Crippen LogP contribution in [-0.2, 0) is 4.79 Å². The molecule has 0 spiro atoms. The van der Waals surface area contributed by atoms with Crippen molar-refractivity contribution >= 4 is 5.91 Å². The van der Waals surface area contributed by atoms with Crippen LogP contribution in [0, 0.1) is 5.92 Å². The number of amides is 1. The Hall–Kier alpha value is -0.830. The molecule has 1 amide bonds. The number of carbonyl (C=O) groups excluding carboxylic acids is 1. The third-order valence-electron chi connectivity index (χ3n) is 1.89. The Kier molecular flexibility index (Phi) is 8.01. The molecule has 0 bridgehead atoms. The largest absolute Gasteiger partial charge is 0.356 e. The Morgan fingerprint density at radius 1 is 1.33 bits per heavy atom. The molecule has 88 valence electrons. The fourth-order valence-electron chi connectivity index (χ4n) is 0.987. The van der Waals surface area contributed by atoms with E-state index in [0.717, 1.165) is 19.6 Å². The molecule has 0 aromatic carbocycles. The molecule has 0 saturated heterocycles. The zero-order valence-electron chi connectivity index (χ0n) is 10.4. The Labute approximate surface area is 93.3 Å². The van der Waals surface area contributed by atoms with Crippen LogP contribution >= 0.6 is 0 Å². The van der Waals surface area contributed by atoms with Gasteiger partial charge in [-0.3, -0.25) is 4.79 Å². The molecule has 3 nitrogen and oxygen atoms in total. The van der Waals surface area contributed by atoms with Crippen LogP contribution in [0.1, 0.15) is 34.1 Å². The lowest BCUT2D eigenvalue weighted by atomic mass is 10.2. The summed E-state index contributed by atoms with van der Waals surface area (Å²) in [6.07, 6.45) is 2.68. The van der Waals surface area contributed by atoms with E-state index in [9.17, 15) is 4.79 Å².